The van der Waals surface area contributed by atoms with Gasteiger partial charge in [-0.05, 0) is 26.3 Å². The summed E-state index contributed by atoms with van der Waals surface area (Å²) in [6, 6.07) is 0. The van der Waals surface area contributed by atoms with Gasteiger partial charge in [-0.25, -0.2) is 10.5 Å². The van der Waals surface area contributed by atoms with Crippen molar-refractivity contribution in [2.24, 2.45) is 5.92 Å². The fourth-order valence-corrected chi connectivity index (χ4v) is 3.35. The van der Waals surface area contributed by atoms with Gasteiger partial charge in [0.15, 0.2) is 0 Å². The van der Waals surface area contributed by atoms with Crippen LogP contribution in [0.25, 0.3) is 0 Å². The molecule has 1 aliphatic rings. The molecule has 1 heterocycles. The standard InChI is InChI=1S/C20H39N5O4/c1-3-4-6-9-18(16-25(29)17-26)20(28)22-21-11-8-5-7-10-19(27)24-14-12-23(2)13-15-24/h17-18,21,29H,3-16H2,1-2H3,(H,22,28)/t18-/m0/s1. The van der Waals surface area contributed by atoms with Crippen LogP contribution in [0.15, 0.2) is 0 Å². The van der Waals surface area contributed by atoms with Gasteiger partial charge in [0.05, 0.1) is 12.5 Å². The van der Waals surface area contributed by atoms with Crippen LogP contribution in [-0.2, 0) is 14.4 Å². The Morgan fingerprint density at radius 1 is 1.10 bits per heavy atom. The summed E-state index contributed by atoms with van der Waals surface area (Å²) in [5, 5.41) is 9.91. The number of carbonyl (C=O) groups excluding carboxylic acids is 3. The quantitative estimate of drug-likeness (QED) is 0.160. The maximum absolute atomic E-state index is 12.3. The normalized spacial score (nSPS) is 15.8. The van der Waals surface area contributed by atoms with Crippen LogP contribution in [0.1, 0.15) is 58.3 Å². The highest BCUT2D eigenvalue weighted by atomic mass is 16.5. The highest BCUT2D eigenvalue weighted by molar-refractivity contribution is 5.78. The summed E-state index contributed by atoms with van der Waals surface area (Å²) in [5.41, 5.74) is 5.59. The van der Waals surface area contributed by atoms with Gasteiger partial charge in [0, 0.05) is 39.1 Å². The van der Waals surface area contributed by atoms with E-state index in [4.69, 9.17) is 0 Å². The van der Waals surface area contributed by atoms with Crippen molar-refractivity contribution in [3.63, 3.8) is 0 Å². The Morgan fingerprint density at radius 2 is 1.83 bits per heavy atom. The van der Waals surface area contributed by atoms with Crippen LogP contribution in [0.3, 0.4) is 0 Å². The molecule has 0 spiro atoms. The van der Waals surface area contributed by atoms with E-state index in [2.05, 4.69) is 29.7 Å². The Hall–Kier alpha value is -1.71. The van der Waals surface area contributed by atoms with Gasteiger partial charge in [-0.1, -0.05) is 32.6 Å². The molecule has 168 valence electrons. The molecule has 0 aromatic rings. The summed E-state index contributed by atoms with van der Waals surface area (Å²) in [5.74, 6) is -0.421. The molecule has 0 aromatic carbocycles. The molecule has 9 heteroatoms. The molecule has 1 saturated heterocycles. The van der Waals surface area contributed by atoms with Gasteiger partial charge in [0.25, 0.3) is 0 Å². The Bertz CT molecular complexity index is 483. The zero-order valence-corrected chi connectivity index (χ0v) is 18.1. The van der Waals surface area contributed by atoms with Gasteiger partial charge in [-0.15, -0.1) is 0 Å². The van der Waals surface area contributed by atoms with Crippen LogP contribution in [0.4, 0.5) is 0 Å². The molecule has 0 saturated carbocycles. The lowest BCUT2D eigenvalue weighted by Gasteiger charge is -2.32. The van der Waals surface area contributed by atoms with Crippen molar-refractivity contribution in [2.45, 2.75) is 58.3 Å². The third-order valence-corrected chi connectivity index (χ3v) is 5.32. The Labute approximate surface area is 174 Å². The number of hydrazine groups is 1. The third-order valence-electron chi connectivity index (χ3n) is 5.32. The minimum absolute atomic E-state index is 0.00483. The topological polar surface area (TPSA) is 105 Å². The fourth-order valence-electron chi connectivity index (χ4n) is 3.35. The molecule has 1 aliphatic heterocycles. The highest BCUT2D eigenvalue weighted by Gasteiger charge is 2.20. The number of likely N-dealkylation sites (N-methyl/N-ethyl adjacent to an activating group) is 1. The van der Waals surface area contributed by atoms with E-state index in [1.807, 2.05) is 4.90 Å². The van der Waals surface area contributed by atoms with Crippen molar-refractivity contribution < 1.29 is 19.6 Å². The van der Waals surface area contributed by atoms with Crippen molar-refractivity contribution in [1.82, 2.24) is 25.7 Å². The number of nitrogens with one attached hydrogen (secondary N) is 2. The van der Waals surface area contributed by atoms with Crippen molar-refractivity contribution in [1.29, 1.82) is 0 Å². The number of amides is 3. The molecule has 0 bridgehead atoms. The highest BCUT2D eigenvalue weighted by Crippen LogP contribution is 2.11. The van der Waals surface area contributed by atoms with E-state index >= 15 is 0 Å². The SMILES string of the molecule is CCCCC[C@@H](CN(O)C=O)C(=O)NNCCCCCC(=O)N1CCN(C)CC1. The lowest BCUT2D eigenvalue weighted by molar-refractivity contribution is -0.154. The van der Waals surface area contributed by atoms with E-state index in [1.165, 1.54) is 0 Å². The first-order chi connectivity index (χ1) is 14.0. The van der Waals surface area contributed by atoms with E-state index in [1.54, 1.807) is 0 Å². The average Bonchev–Trinajstić information content (AvgIpc) is 2.72. The van der Waals surface area contributed by atoms with E-state index in [0.717, 1.165) is 64.7 Å². The maximum atomic E-state index is 12.3. The van der Waals surface area contributed by atoms with E-state index < -0.39 is 5.92 Å². The minimum Gasteiger partial charge on any atom is -0.340 e. The average molecular weight is 414 g/mol. The number of unbranched alkanes of at least 4 members (excludes halogenated alkanes) is 4. The van der Waals surface area contributed by atoms with Crippen LogP contribution in [-0.4, -0.2) is 84.6 Å². The fraction of sp³-hybridized carbons (Fsp3) is 0.850. The van der Waals surface area contributed by atoms with Gasteiger partial charge < -0.3 is 9.80 Å². The number of carbonyl (C=O) groups is 3. The number of hydrogen-bond donors (Lipinski definition) is 3. The zero-order valence-electron chi connectivity index (χ0n) is 18.1. The number of piperazine rings is 1. The largest absolute Gasteiger partial charge is 0.340 e. The predicted octanol–water partition coefficient (Wildman–Crippen LogP) is 0.986. The number of hydroxylamine groups is 2. The number of rotatable bonds is 15. The van der Waals surface area contributed by atoms with Crippen molar-refractivity contribution in [3.8, 4) is 0 Å². The summed E-state index contributed by atoms with van der Waals surface area (Å²) in [4.78, 5) is 39.2. The minimum atomic E-state index is -0.439. The van der Waals surface area contributed by atoms with Gasteiger partial charge >= 0.3 is 0 Å². The van der Waals surface area contributed by atoms with Crippen molar-refractivity contribution in [2.75, 3.05) is 46.3 Å². The maximum Gasteiger partial charge on any atom is 0.239 e. The first-order valence-corrected chi connectivity index (χ1v) is 10.9. The summed E-state index contributed by atoms with van der Waals surface area (Å²) >= 11 is 0. The molecule has 0 unspecified atom stereocenters. The van der Waals surface area contributed by atoms with Crippen LogP contribution in [0, 0.1) is 5.92 Å². The summed E-state index contributed by atoms with van der Waals surface area (Å²) in [6.45, 7) is 6.21. The molecule has 3 amide bonds. The van der Waals surface area contributed by atoms with Gasteiger partial charge in [-0.3, -0.25) is 25.0 Å². The monoisotopic (exact) mass is 413 g/mol. The lowest BCUT2D eigenvalue weighted by Crippen LogP contribution is -2.47. The van der Waals surface area contributed by atoms with E-state index in [-0.39, 0.29) is 18.4 Å². The van der Waals surface area contributed by atoms with Gasteiger partial charge in [0.2, 0.25) is 18.2 Å². The summed E-state index contributed by atoms with van der Waals surface area (Å²) in [7, 11) is 2.07. The number of hydrogen-bond acceptors (Lipinski definition) is 6. The molecule has 3 N–H and O–H groups in total. The van der Waals surface area contributed by atoms with E-state index in [0.29, 0.717) is 30.9 Å². The molecule has 1 fully saturated rings. The van der Waals surface area contributed by atoms with Crippen LogP contribution >= 0.6 is 0 Å². The second-order valence-electron chi connectivity index (χ2n) is 7.83. The first kappa shape index (κ1) is 25.3. The molecule has 9 nitrogen and oxygen atoms in total. The second-order valence-corrected chi connectivity index (χ2v) is 7.83. The molecule has 1 rings (SSSR count). The summed E-state index contributed by atoms with van der Waals surface area (Å²) < 4.78 is 0. The molecular weight excluding hydrogens is 374 g/mol. The van der Waals surface area contributed by atoms with Crippen LogP contribution < -0.4 is 10.9 Å². The second kappa shape index (κ2) is 15.2. The molecule has 29 heavy (non-hydrogen) atoms. The summed E-state index contributed by atoms with van der Waals surface area (Å²) in [6.07, 6.45) is 7.07. The lowest BCUT2D eigenvalue weighted by atomic mass is 10.0. The van der Waals surface area contributed by atoms with Gasteiger partial charge in [-0.2, -0.15) is 0 Å². The smallest absolute Gasteiger partial charge is 0.239 e. The van der Waals surface area contributed by atoms with Crippen molar-refractivity contribution in [3.05, 3.63) is 0 Å². The Morgan fingerprint density at radius 3 is 2.48 bits per heavy atom. The predicted molar refractivity (Wildman–Crippen MR) is 111 cm³/mol. The van der Waals surface area contributed by atoms with E-state index in [9.17, 15) is 19.6 Å². The number of nitrogens with zero attached hydrogens (tertiary/aromatic N) is 3. The Balaban J connectivity index is 2.13. The molecule has 1 atom stereocenters. The van der Waals surface area contributed by atoms with Crippen molar-refractivity contribution >= 4 is 18.2 Å². The third kappa shape index (κ3) is 11.2. The first-order valence-electron chi connectivity index (χ1n) is 10.9. The molecule has 0 aliphatic carbocycles. The Kier molecular flexibility index (Phi) is 13.3. The molecule has 0 aromatic heterocycles. The van der Waals surface area contributed by atoms with Crippen LogP contribution in [0.2, 0.25) is 0 Å². The molecule has 0 radical (unpaired) electrons. The molecular formula is C20H39N5O4. The zero-order chi connectivity index (χ0) is 21.5. The van der Waals surface area contributed by atoms with Crippen LogP contribution in [0.5, 0.6) is 0 Å². The van der Waals surface area contributed by atoms with Gasteiger partial charge in [0.1, 0.15) is 0 Å².